The van der Waals surface area contributed by atoms with Crippen molar-refractivity contribution in [2.24, 2.45) is 0 Å². The molecule has 8 heteroatoms. The number of hydrogen-bond acceptors (Lipinski definition) is 7. The van der Waals surface area contributed by atoms with Gasteiger partial charge in [0.25, 0.3) is 0 Å². The quantitative estimate of drug-likeness (QED) is 0.265. The molecule has 0 bridgehead atoms. The summed E-state index contributed by atoms with van der Waals surface area (Å²) in [5, 5.41) is 18.1. The highest BCUT2D eigenvalue weighted by Crippen LogP contribution is 2.37. The van der Waals surface area contributed by atoms with Gasteiger partial charge in [-0.2, -0.15) is 10.2 Å². The minimum Gasteiger partial charge on any atom is -0.494 e. The number of nitrogens with one attached hydrogen (secondary N) is 3. The van der Waals surface area contributed by atoms with Gasteiger partial charge in [-0.05, 0) is 79.7 Å². The van der Waals surface area contributed by atoms with Crippen molar-refractivity contribution in [2.75, 3.05) is 18.5 Å². The van der Waals surface area contributed by atoms with E-state index in [2.05, 4.69) is 32.7 Å². The predicted octanol–water partition coefficient (Wildman–Crippen LogP) is 5.98. The molecule has 35 heavy (non-hydrogen) atoms. The second-order valence-corrected chi connectivity index (χ2v) is 9.77. The monoisotopic (exact) mass is 480 g/mol. The van der Waals surface area contributed by atoms with Gasteiger partial charge < -0.3 is 20.4 Å². The van der Waals surface area contributed by atoms with Crippen molar-refractivity contribution in [2.45, 2.75) is 25.3 Å². The summed E-state index contributed by atoms with van der Waals surface area (Å²) in [7, 11) is 0. The lowest BCUT2D eigenvalue weighted by atomic mass is 10.1. The lowest BCUT2D eigenvalue weighted by Gasteiger charge is -2.12. The van der Waals surface area contributed by atoms with Crippen molar-refractivity contribution in [1.29, 1.82) is 5.26 Å². The number of hydrogen-bond donors (Lipinski definition) is 3. The van der Waals surface area contributed by atoms with Gasteiger partial charge in [-0.15, -0.1) is 11.3 Å². The number of rotatable bonds is 7. The maximum atomic E-state index is 9.23. The molecule has 5 aromatic rings. The SMILES string of the molecule is N#Cc1ccc2cc(-c3nc(Nc4ccc(OCCC5CCCN5)cc4)nc4[nH]ccc34)sc2c1. The molecule has 0 aliphatic carbocycles. The topological polar surface area (TPSA) is 98.7 Å². The molecular formula is C27H24N6OS. The molecule has 0 radical (unpaired) electrons. The second-order valence-electron chi connectivity index (χ2n) is 8.69. The molecule has 2 aromatic carbocycles. The fourth-order valence-electron chi connectivity index (χ4n) is 4.49. The van der Waals surface area contributed by atoms with E-state index >= 15 is 0 Å². The van der Waals surface area contributed by atoms with Crippen LogP contribution in [0.15, 0.2) is 60.8 Å². The number of fused-ring (bicyclic) bond motifs is 2. The van der Waals surface area contributed by atoms with E-state index in [1.165, 1.54) is 12.8 Å². The Labute approximate surface area is 206 Å². The highest BCUT2D eigenvalue weighted by Gasteiger charge is 2.15. The molecule has 7 nitrogen and oxygen atoms in total. The Balaban J connectivity index is 1.22. The van der Waals surface area contributed by atoms with Gasteiger partial charge in [0.15, 0.2) is 0 Å². The van der Waals surface area contributed by atoms with Crippen molar-refractivity contribution in [1.82, 2.24) is 20.3 Å². The zero-order chi connectivity index (χ0) is 23.6. The van der Waals surface area contributed by atoms with Crippen molar-refractivity contribution in [3.63, 3.8) is 0 Å². The van der Waals surface area contributed by atoms with E-state index < -0.39 is 0 Å². The Morgan fingerprint density at radius 2 is 2.03 bits per heavy atom. The van der Waals surface area contributed by atoms with E-state index in [9.17, 15) is 5.26 Å². The Morgan fingerprint density at radius 1 is 1.11 bits per heavy atom. The molecule has 0 saturated carbocycles. The van der Waals surface area contributed by atoms with Crippen molar-refractivity contribution >= 4 is 44.1 Å². The molecule has 174 valence electrons. The largest absolute Gasteiger partial charge is 0.494 e. The molecule has 3 N–H and O–H groups in total. The number of aromatic nitrogens is 3. The summed E-state index contributed by atoms with van der Waals surface area (Å²) >= 11 is 1.63. The number of anilines is 2. The van der Waals surface area contributed by atoms with Crippen LogP contribution in [0.2, 0.25) is 0 Å². The van der Waals surface area contributed by atoms with Gasteiger partial charge in [-0.3, -0.25) is 0 Å². The third-order valence-electron chi connectivity index (χ3n) is 6.31. The van der Waals surface area contributed by atoms with Crippen molar-refractivity contribution in [3.8, 4) is 22.4 Å². The average Bonchev–Trinajstić information content (AvgIpc) is 3.65. The maximum absolute atomic E-state index is 9.23. The summed E-state index contributed by atoms with van der Waals surface area (Å²) in [6, 6.07) is 20.6. The first-order chi connectivity index (χ1) is 17.2. The summed E-state index contributed by atoms with van der Waals surface area (Å²) in [5.74, 6) is 1.38. The molecule has 1 fully saturated rings. The molecule has 1 aliphatic rings. The third-order valence-corrected chi connectivity index (χ3v) is 7.41. The summed E-state index contributed by atoms with van der Waals surface area (Å²) in [4.78, 5) is 13.8. The third kappa shape index (κ3) is 4.56. The van der Waals surface area contributed by atoms with E-state index in [-0.39, 0.29) is 0 Å². The van der Waals surface area contributed by atoms with Crippen LogP contribution in [0, 0.1) is 11.3 Å². The lowest BCUT2D eigenvalue weighted by Crippen LogP contribution is -2.23. The zero-order valence-corrected chi connectivity index (χ0v) is 19.9. The van der Waals surface area contributed by atoms with Crippen LogP contribution in [0.5, 0.6) is 5.75 Å². The normalized spacial score (nSPS) is 15.5. The summed E-state index contributed by atoms with van der Waals surface area (Å²) < 4.78 is 6.98. The zero-order valence-electron chi connectivity index (χ0n) is 19.0. The molecule has 0 spiro atoms. The number of thiophene rings is 1. The number of H-pyrrole nitrogens is 1. The summed E-state index contributed by atoms with van der Waals surface area (Å²) in [6.07, 6.45) is 5.40. The Bertz CT molecular complexity index is 1530. The first-order valence-electron chi connectivity index (χ1n) is 11.8. The van der Waals surface area contributed by atoms with Crippen LogP contribution in [-0.4, -0.2) is 34.1 Å². The van der Waals surface area contributed by atoms with Crippen LogP contribution in [0.4, 0.5) is 11.6 Å². The van der Waals surface area contributed by atoms with Crippen LogP contribution >= 0.6 is 11.3 Å². The molecule has 1 aliphatic heterocycles. The maximum Gasteiger partial charge on any atom is 0.229 e. The molecule has 1 saturated heterocycles. The van der Waals surface area contributed by atoms with E-state index in [4.69, 9.17) is 9.72 Å². The van der Waals surface area contributed by atoms with Gasteiger partial charge in [-0.25, -0.2) is 4.98 Å². The Morgan fingerprint density at radius 3 is 2.86 bits per heavy atom. The van der Waals surface area contributed by atoms with Crippen LogP contribution in [-0.2, 0) is 0 Å². The van der Waals surface area contributed by atoms with Crippen LogP contribution in [0.1, 0.15) is 24.8 Å². The van der Waals surface area contributed by atoms with Crippen molar-refractivity contribution < 1.29 is 4.74 Å². The Hall–Kier alpha value is -3.93. The van der Waals surface area contributed by atoms with Crippen LogP contribution in [0.25, 0.3) is 31.7 Å². The number of ether oxygens (including phenoxy) is 1. The molecule has 3 aromatic heterocycles. The summed E-state index contributed by atoms with van der Waals surface area (Å²) in [5.41, 5.74) is 3.18. The van der Waals surface area contributed by atoms with E-state index in [1.807, 2.05) is 54.7 Å². The fourth-order valence-corrected chi connectivity index (χ4v) is 5.59. The van der Waals surface area contributed by atoms with Crippen molar-refractivity contribution in [3.05, 3.63) is 66.4 Å². The Kier molecular flexibility index (Phi) is 5.78. The number of nitrogens with zero attached hydrogens (tertiary/aromatic N) is 3. The van der Waals surface area contributed by atoms with Crippen LogP contribution in [0.3, 0.4) is 0 Å². The number of aromatic amines is 1. The first-order valence-corrected chi connectivity index (χ1v) is 12.6. The van der Waals surface area contributed by atoms with Gasteiger partial charge in [0.1, 0.15) is 11.4 Å². The summed E-state index contributed by atoms with van der Waals surface area (Å²) in [6.45, 7) is 1.83. The number of benzene rings is 2. The smallest absolute Gasteiger partial charge is 0.229 e. The highest BCUT2D eigenvalue weighted by molar-refractivity contribution is 7.22. The van der Waals surface area contributed by atoms with Crippen LogP contribution < -0.4 is 15.4 Å². The standard InChI is InChI=1S/C27H24N6OS/c28-16-17-3-4-18-15-24(35-23(18)14-17)25-22-9-12-30-26(22)33-27(32-25)31-20-5-7-21(8-6-20)34-13-10-19-2-1-11-29-19/h3-9,12,14-15,19,29H,1-2,10-11,13H2,(H2,30,31,32,33). The van der Waals surface area contributed by atoms with Gasteiger partial charge in [0.2, 0.25) is 5.95 Å². The molecular weight excluding hydrogens is 456 g/mol. The minimum absolute atomic E-state index is 0.520. The minimum atomic E-state index is 0.520. The van der Waals surface area contributed by atoms with Gasteiger partial charge in [0, 0.05) is 28.0 Å². The molecule has 1 unspecified atom stereocenters. The molecule has 0 amide bonds. The molecule has 1 atom stereocenters. The highest BCUT2D eigenvalue weighted by atomic mass is 32.1. The number of nitriles is 1. The lowest BCUT2D eigenvalue weighted by molar-refractivity contribution is 0.292. The molecule has 6 rings (SSSR count). The molecule has 4 heterocycles. The van der Waals surface area contributed by atoms with Gasteiger partial charge >= 0.3 is 0 Å². The van der Waals surface area contributed by atoms with E-state index in [1.54, 1.807) is 11.3 Å². The second kappa shape index (κ2) is 9.37. The van der Waals surface area contributed by atoms with Gasteiger partial charge in [-0.1, -0.05) is 6.07 Å². The van der Waals surface area contributed by atoms with E-state index in [0.717, 1.165) is 56.1 Å². The fraction of sp³-hybridized carbons (Fsp3) is 0.222. The van der Waals surface area contributed by atoms with Gasteiger partial charge in [0.05, 0.1) is 28.8 Å². The average molecular weight is 481 g/mol. The first kappa shape index (κ1) is 21.6. The predicted molar refractivity (Wildman–Crippen MR) is 140 cm³/mol. The van der Waals surface area contributed by atoms with E-state index in [0.29, 0.717) is 24.2 Å².